The molecular weight excluding hydrogens is 336 g/mol. The lowest BCUT2D eigenvalue weighted by molar-refractivity contribution is 0.470. The third kappa shape index (κ3) is 3.40. The van der Waals surface area contributed by atoms with Crippen molar-refractivity contribution in [3.05, 3.63) is 72.2 Å². The largest absolute Gasteiger partial charge is 0.508 e. The molecule has 1 N–H and O–H groups in total. The topological polar surface area (TPSA) is 61.6 Å². The fraction of sp³-hybridized carbons (Fsp3) is 0.227. The van der Waals surface area contributed by atoms with Crippen molar-refractivity contribution in [3.8, 4) is 5.75 Å². The molecule has 1 aliphatic rings. The van der Waals surface area contributed by atoms with E-state index in [0.717, 1.165) is 34.6 Å². The molecule has 3 rings (SSSR count). The highest BCUT2D eigenvalue weighted by Crippen LogP contribution is 2.46. The lowest BCUT2D eigenvalue weighted by atomic mass is 9.99. The Morgan fingerprint density at radius 3 is 2.89 bits per heavy atom. The molecule has 0 saturated heterocycles. The van der Waals surface area contributed by atoms with Gasteiger partial charge in [-0.1, -0.05) is 26.2 Å². The molecule has 1 aromatic carbocycles. The molecule has 0 fully saturated rings. The van der Waals surface area contributed by atoms with Gasteiger partial charge in [0.05, 0.1) is 6.04 Å². The van der Waals surface area contributed by atoms with Gasteiger partial charge in [-0.25, -0.2) is 9.97 Å². The molecular formula is C22H24N4O. The van der Waals surface area contributed by atoms with E-state index in [1.165, 1.54) is 0 Å². The second-order valence-corrected chi connectivity index (χ2v) is 6.46. The molecule has 5 heteroatoms. The van der Waals surface area contributed by atoms with Crippen LogP contribution in [0.2, 0.25) is 0 Å². The number of hydrogen-bond acceptors (Lipinski definition) is 5. The second-order valence-electron chi connectivity index (χ2n) is 6.46. The summed E-state index contributed by atoms with van der Waals surface area (Å²) in [5.74, 6) is 1.50. The van der Waals surface area contributed by atoms with E-state index in [9.17, 15) is 5.11 Å². The van der Waals surface area contributed by atoms with E-state index in [2.05, 4.69) is 39.9 Å². The molecule has 1 aromatic heterocycles. The Hall–Kier alpha value is -3.21. The van der Waals surface area contributed by atoms with Crippen molar-refractivity contribution in [2.75, 3.05) is 4.90 Å². The zero-order valence-corrected chi connectivity index (χ0v) is 16.0. The van der Waals surface area contributed by atoms with Crippen LogP contribution in [0.25, 0.3) is 11.4 Å². The van der Waals surface area contributed by atoms with Crippen molar-refractivity contribution < 1.29 is 5.11 Å². The number of phenolic OH excluding ortho intramolecular Hbond substituents is 1. The number of nitrogens with zero attached hydrogens (tertiary/aromatic N) is 4. The number of anilines is 1. The first-order valence-electron chi connectivity index (χ1n) is 8.97. The van der Waals surface area contributed by atoms with Gasteiger partial charge in [0, 0.05) is 23.7 Å². The molecule has 27 heavy (non-hydrogen) atoms. The summed E-state index contributed by atoms with van der Waals surface area (Å²) >= 11 is 0. The summed E-state index contributed by atoms with van der Waals surface area (Å²) in [5, 5.41) is 10.1. The maximum Gasteiger partial charge on any atom is 0.179 e. The molecule has 1 atom stereocenters. The van der Waals surface area contributed by atoms with Crippen molar-refractivity contribution in [1.29, 1.82) is 0 Å². The zero-order valence-electron chi connectivity index (χ0n) is 16.0. The van der Waals surface area contributed by atoms with Gasteiger partial charge >= 0.3 is 0 Å². The Morgan fingerprint density at radius 1 is 1.41 bits per heavy atom. The van der Waals surface area contributed by atoms with Crippen LogP contribution in [0, 0.1) is 6.92 Å². The number of benzene rings is 1. The number of rotatable bonds is 5. The van der Waals surface area contributed by atoms with E-state index >= 15 is 0 Å². The van der Waals surface area contributed by atoms with Crippen LogP contribution in [0.4, 0.5) is 5.82 Å². The van der Waals surface area contributed by atoms with Crippen molar-refractivity contribution in [2.24, 2.45) is 4.99 Å². The SMILES string of the molecule is C=C(N=C/C=C\C)c1nccc(N2C(=C)c3cc(O)c(C)cc3C2CC)n1. The van der Waals surface area contributed by atoms with Gasteiger partial charge in [0.15, 0.2) is 5.82 Å². The fourth-order valence-corrected chi connectivity index (χ4v) is 3.30. The molecule has 0 amide bonds. The van der Waals surface area contributed by atoms with Crippen LogP contribution in [0.3, 0.4) is 0 Å². The highest BCUT2D eigenvalue weighted by molar-refractivity contribution is 5.85. The van der Waals surface area contributed by atoms with Crippen LogP contribution >= 0.6 is 0 Å². The van der Waals surface area contributed by atoms with Gasteiger partial charge in [0.2, 0.25) is 0 Å². The number of fused-ring (bicyclic) bond motifs is 1. The van der Waals surface area contributed by atoms with Crippen LogP contribution in [-0.2, 0) is 0 Å². The van der Waals surface area contributed by atoms with Crippen molar-refractivity contribution in [2.45, 2.75) is 33.2 Å². The summed E-state index contributed by atoms with van der Waals surface area (Å²) in [7, 11) is 0. The average molecular weight is 360 g/mol. The molecule has 1 unspecified atom stereocenters. The van der Waals surface area contributed by atoms with Gasteiger partial charge in [-0.15, -0.1) is 0 Å². The van der Waals surface area contributed by atoms with Gasteiger partial charge < -0.3 is 10.0 Å². The molecule has 2 heterocycles. The molecule has 138 valence electrons. The van der Waals surface area contributed by atoms with Gasteiger partial charge in [-0.2, -0.15) is 0 Å². The quantitative estimate of drug-likeness (QED) is 0.758. The lowest BCUT2D eigenvalue weighted by Gasteiger charge is -2.26. The summed E-state index contributed by atoms with van der Waals surface area (Å²) in [6.07, 6.45) is 7.98. The number of hydrogen-bond donors (Lipinski definition) is 1. The van der Waals surface area contributed by atoms with E-state index < -0.39 is 0 Å². The predicted octanol–water partition coefficient (Wildman–Crippen LogP) is 5.05. The molecule has 0 spiro atoms. The normalized spacial score (nSPS) is 16.5. The first kappa shape index (κ1) is 18.6. The average Bonchev–Trinajstić information content (AvgIpc) is 2.93. The molecule has 5 nitrogen and oxygen atoms in total. The Morgan fingerprint density at radius 2 is 2.19 bits per heavy atom. The summed E-state index contributed by atoms with van der Waals surface area (Å²) in [4.78, 5) is 15.3. The lowest BCUT2D eigenvalue weighted by Crippen LogP contribution is -2.21. The first-order valence-corrected chi connectivity index (χ1v) is 8.97. The third-order valence-electron chi connectivity index (χ3n) is 4.68. The maximum absolute atomic E-state index is 10.1. The minimum absolute atomic E-state index is 0.106. The minimum Gasteiger partial charge on any atom is -0.508 e. The molecule has 0 saturated carbocycles. The van der Waals surface area contributed by atoms with Gasteiger partial charge in [0.25, 0.3) is 0 Å². The highest BCUT2D eigenvalue weighted by Gasteiger charge is 2.34. The second kappa shape index (κ2) is 7.58. The fourth-order valence-electron chi connectivity index (χ4n) is 3.30. The van der Waals surface area contributed by atoms with Crippen LogP contribution in [-0.4, -0.2) is 21.3 Å². The number of allylic oxidation sites excluding steroid dienone is 2. The van der Waals surface area contributed by atoms with E-state index in [1.807, 2.05) is 38.1 Å². The Bertz CT molecular complexity index is 959. The summed E-state index contributed by atoms with van der Waals surface area (Å²) in [5.41, 5.74) is 4.29. The molecule has 0 bridgehead atoms. The Labute approximate surface area is 160 Å². The molecule has 0 aliphatic carbocycles. The van der Waals surface area contributed by atoms with Crippen molar-refractivity contribution >= 4 is 23.4 Å². The number of phenols is 1. The van der Waals surface area contributed by atoms with Crippen LogP contribution in [0.15, 0.2) is 54.7 Å². The van der Waals surface area contributed by atoms with Gasteiger partial charge in [-0.05, 0) is 55.7 Å². The Balaban J connectivity index is 2.00. The maximum atomic E-state index is 10.1. The number of aromatic hydroxyl groups is 1. The summed E-state index contributed by atoms with van der Waals surface area (Å²) in [6, 6.07) is 5.79. The molecule has 1 aliphatic heterocycles. The first-order chi connectivity index (χ1) is 13.0. The summed E-state index contributed by atoms with van der Waals surface area (Å²) < 4.78 is 0. The summed E-state index contributed by atoms with van der Waals surface area (Å²) in [6.45, 7) is 14.2. The highest BCUT2D eigenvalue weighted by atomic mass is 16.3. The van der Waals surface area contributed by atoms with E-state index in [-0.39, 0.29) is 11.8 Å². The smallest absolute Gasteiger partial charge is 0.179 e. The van der Waals surface area contributed by atoms with Crippen LogP contribution < -0.4 is 4.90 Å². The van der Waals surface area contributed by atoms with Crippen LogP contribution in [0.1, 0.15) is 48.8 Å². The van der Waals surface area contributed by atoms with E-state index in [4.69, 9.17) is 0 Å². The Kier molecular flexibility index (Phi) is 5.21. The van der Waals surface area contributed by atoms with E-state index in [1.54, 1.807) is 18.5 Å². The molecule has 2 aromatic rings. The predicted molar refractivity (Wildman–Crippen MR) is 112 cm³/mol. The zero-order chi connectivity index (χ0) is 19.6. The number of aliphatic imine (C=N–C) groups is 1. The van der Waals surface area contributed by atoms with Gasteiger partial charge in [0.1, 0.15) is 17.3 Å². The van der Waals surface area contributed by atoms with E-state index in [0.29, 0.717) is 11.5 Å². The van der Waals surface area contributed by atoms with Crippen LogP contribution in [0.5, 0.6) is 5.75 Å². The van der Waals surface area contributed by atoms with Crippen molar-refractivity contribution in [3.63, 3.8) is 0 Å². The monoisotopic (exact) mass is 360 g/mol. The standard InChI is InChI=1S/C22H24N4O/c1-6-8-10-23-15(4)22-24-11-9-21(25-22)26-16(5)17-13-20(27)14(3)12-18(17)19(26)7-2/h6,8-13,19,27H,4-5,7H2,1-3H3/b8-6-,23-10?. The molecule has 0 radical (unpaired) electrons. The minimum atomic E-state index is 0.106. The number of aromatic nitrogens is 2. The van der Waals surface area contributed by atoms with Crippen molar-refractivity contribution in [1.82, 2.24) is 9.97 Å². The van der Waals surface area contributed by atoms with Gasteiger partial charge in [-0.3, -0.25) is 4.99 Å². The third-order valence-corrected chi connectivity index (χ3v) is 4.68. The number of aryl methyl sites for hydroxylation is 1.